The van der Waals surface area contributed by atoms with Gasteiger partial charge in [-0.2, -0.15) is 9.61 Å². The van der Waals surface area contributed by atoms with Crippen LogP contribution in [0.4, 0.5) is 5.69 Å². The smallest absolute Gasteiger partial charge is 0.200 e. The Hall–Kier alpha value is -1.95. The number of nitrogens with zero attached hydrogens (tertiary/aromatic N) is 4. The summed E-state index contributed by atoms with van der Waals surface area (Å²) in [6, 6.07) is 6.22. The zero-order valence-electron chi connectivity index (χ0n) is 10.00. The zero-order valence-corrected chi connectivity index (χ0v) is 10.8. The maximum atomic E-state index is 4.31. The van der Waals surface area contributed by atoms with E-state index in [1.54, 1.807) is 22.2 Å². The second-order valence-electron chi connectivity index (χ2n) is 4.05. The number of aromatic nitrogens is 4. The Balaban J connectivity index is 1.75. The fourth-order valence-electron chi connectivity index (χ4n) is 1.86. The van der Waals surface area contributed by atoms with Gasteiger partial charge in [0.25, 0.3) is 0 Å². The minimum Gasteiger partial charge on any atom is -0.382 e. The standard InChI is InChI=1S/C12H13N5S/c1-9-7-11(12-15-14-8-17(12)16-9)13-5-4-10-3-2-6-18-10/h2-3,6-8,13H,4-5H2,1H3. The maximum absolute atomic E-state index is 4.31. The fourth-order valence-corrected chi connectivity index (χ4v) is 2.57. The Morgan fingerprint density at radius 1 is 1.44 bits per heavy atom. The maximum Gasteiger partial charge on any atom is 0.200 e. The third-order valence-electron chi connectivity index (χ3n) is 2.66. The predicted octanol–water partition coefficient (Wildman–Crippen LogP) is 2.15. The summed E-state index contributed by atoms with van der Waals surface area (Å²) in [4.78, 5) is 1.38. The lowest BCUT2D eigenvalue weighted by Gasteiger charge is -2.07. The van der Waals surface area contributed by atoms with Gasteiger partial charge in [-0.05, 0) is 30.9 Å². The number of rotatable bonds is 4. The van der Waals surface area contributed by atoms with Crippen LogP contribution in [-0.4, -0.2) is 26.4 Å². The monoisotopic (exact) mass is 259 g/mol. The van der Waals surface area contributed by atoms with Crippen molar-refractivity contribution in [3.05, 3.63) is 40.5 Å². The molecule has 3 aromatic rings. The molecule has 0 saturated heterocycles. The molecule has 92 valence electrons. The summed E-state index contributed by atoms with van der Waals surface area (Å²) in [5, 5.41) is 17.7. The summed E-state index contributed by atoms with van der Waals surface area (Å²) in [7, 11) is 0. The number of aryl methyl sites for hydroxylation is 1. The number of fused-ring (bicyclic) bond motifs is 1. The largest absolute Gasteiger partial charge is 0.382 e. The molecule has 3 heterocycles. The third kappa shape index (κ3) is 2.19. The van der Waals surface area contributed by atoms with Crippen molar-refractivity contribution in [1.82, 2.24) is 19.8 Å². The van der Waals surface area contributed by atoms with Gasteiger partial charge in [-0.25, -0.2) is 0 Å². The molecule has 5 nitrogen and oxygen atoms in total. The molecule has 0 aliphatic rings. The normalized spacial score (nSPS) is 10.9. The summed E-state index contributed by atoms with van der Waals surface area (Å²) in [5.74, 6) is 0. The molecule has 1 N–H and O–H groups in total. The molecule has 0 aliphatic carbocycles. The van der Waals surface area contributed by atoms with Gasteiger partial charge in [-0.3, -0.25) is 0 Å². The van der Waals surface area contributed by atoms with E-state index in [0.29, 0.717) is 0 Å². The quantitative estimate of drug-likeness (QED) is 0.780. The molecule has 18 heavy (non-hydrogen) atoms. The minimum atomic E-state index is 0.770. The van der Waals surface area contributed by atoms with Gasteiger partial charge in [0.05, 0.1) is 11.4 Å². The van der Waals surface area contributed by atoms with E-state index < -0.39 is 0 Å². The van der Waals surface area contributed by atoms with E-state index in [4.69, 9.17) is 0 Å². The topological polar surface area (TPSA) is 55.1 Å². The lowest BCUT2D eigenvalue weighted by Crippen LogP contribution is -2.07. The first kappa shape index (κ1) is 11.2. The van der Waals surface area contributed by atoms with Crippen LogP contribution in [0.15, 0.2) is 29.9 Å². The molecule has 3 rings (SSSR count). The first-order chi connectivity index (χ1) is 8.83. The molecule has 0 unspecified atom stereocenters. The molecule has 6 heteroatoms. The lowest BCUT2D eigenvalue weighted by atomic mass is 10.3. The molecule has 0 aromatic carbocycles. The molecule has 0 spiro atoms. The van der Waals surface area contributed by atoms with E-state index in [2.05, 4.69) is 38.1 Å². The third-order valence-corrected chi connectivity index (χ3v) is 3.59. The zero-order chi connectivity index (χ0) is 12.4. The highest BCUT2D eigenvalue weighted by molar-refractivity contribution is 7.09. The summed E-state index contributed by atoms with van der Waals surface area (Å²) < 4.78 is 1.70. The number of thiophene rings is 1. The van der Waals surface area contributed by atoms with Crippen LogP contribution < -0.4 is 5.32 Å². The molecule has 3 aromatic heterocycles. The molecule has 0 aliphatic heterocycles. The van der Waals surface area contributed by atoms with Crippen molar-refractivity contribution in [1.29, 1.82) is 0 Å². The van der Waals surface area contributed by atoms with Crippen molar-refractivity contribution < 1.29 is 0 Å². The Labute approximate surface area is 108 Å². The van der Waals surface area contributed by atoms with Crippen LogP contribution in [0, 0.1) is 6.92 Å². The predicted molar refractivity (Wildman–Crippen MR) is 72.0 cm³/mol. The molecule has 0 saturated carbocycles. The molecule has 0 atom stereocenters. The van der Waals surface area contributed by atoms with Crippen molar-refractivity contribution in [2.24, 2.45) is 0 Å². The van der Waals surface area contributed by atoms with Crippen molar-refractivity contribution in [3.63, 3.8) is 0 Å². The number of anilines is 1. The fraction of sp³-hybridized carbons (Fsp3) is 0.250. The van der Waals surface area contributed by atoms with Crippen LogP contribution in [0.3, 0.4) is 0 Å². The summed E-state index contributed by atoms with van der Waals surface area (Å²) >= 11 is 1.78. The molecule has 0 radical (unpaired) electrons. The van der Waals surface area contributed by atoms with E-state index in [1.807, 2.05) is 13.0 Å². The van der Waals surface area contributed by atoms with Gasteiger partial charge in [0.15, 0.2) is 0 Å². The Morgan fingerprint density at radius 3 is 3.22 bits per heavy atom. The lowest BCUT2D eigenvalue weighted by molar-refractivity contribution is 0.891. The van der Waals surface area contributed by atoms with Crippen LogP contribution in [0.1, 0.15) is 10.6 Å². The second kappa shape index (κ2) is 4.73. The Bertz CT molecular complexity index is 644. The van der Waals surface area contributed by atoms with Gasteiger partial charge < -0.3 is 5.32 Å². The van der Waals surface area contributed by atoms with Gasteiger partial charge in [0.1, 0.15) is 6.33 Å². The average Bonchev–Trinajstić information content (AvgIpc) is 2.98. The van der Waals surface area contributed by atoms with Crippen molar-refractivity contribution >= 4 is 22.7 Å². The van der Waals surface area contributed by atoms with Crippen molar-refractivity contribution in [3.8, 4) is 0 Å². The van der Waals surface area contributed by atoms with Gasteiger partial charge in [0, 0.05) is 11.4 Å². The van der Waals surface area contributed by atoms with Crippen LogP contribution in [0.2, 0.25) is 0 Å². The molecule has 0 amide bonds. The summed E-state index contributed by atoms with van der Waals surface area (Å²) in [5.41, 5.74) is 2.70. The molecular formula is C12H13N5S. The molecular weight excluding hydrogens is 246 g/mol. The summed E-state index contributed by atoms with van der Waals surface area (Å²) in [6.07, 6.45) is 2.63. The first-order valence-electron chi connectivity index (χ1n) is 5.77. The van der Waals surface area contributed by atoms with Crippen LogP contribution in [-0.2, 0) is 6.42 Å². The van der Waals surface area contributed by atoms with Crippen LogP contribution in [0.5, 0.6) is 0 Å². The first-order valence-corrected chi connectivity index (χ1v) is 6.65. The van der Waals surface area contributed by atoms with Crippen LogP contribution >= 0.6 is 11.3 Å². The number of hydrogen-bond acceptors (Lipinski definition) is 5. The van der Waals surface area contributed by atoms with E-state index in [9.17, 15) is 0 Å². The van der Waals surface area contributed by atoms with Gasteiger partial charge in [-0.1, -0.05) is 6.07 Å². The highest BCUT2D eigenvalue weighted by Gasteiger charge is 2.05. The molecule has 0 fully saturated rings. The second-order valence-corrected chi connectivity index (χ2v) is 5.09. The Kier molecular flexibility index (Phi) is 2.93. The Morgan fingerprint density at radius 2 is 2.39 bits per heavy atom. The SMILES string of the molecule is Cc1cc(NCCc2cccs2)c2nncn2n1. The highest BCUT2D eigenvalue weighted by atomic mass is 32.1. The number of hydrogen-bond donors (Lipinski definition) is 1. The van der Waals surface area contributed by atoms with Gasteiger partial charge >= 0.3 is 0 Å². The van der Waals surface area contributed by atoms with E-state index in [0.717, 1.165) is 30.0 Å². The number of nitrogens with one attached hydrogen (secondary N) is 1. The van der Waals surface area contributed by atoms with E-state index in [1.165, 1.54) is 4.88 Å². The van der Waals surface area contributed by atoms with E-state index >= 15 is 0 Å². The van der Waals surface area contributed by atoms with Gasteiger partial charge in [-0.15, -0.1) is 21.5 Å². The summed E-state index contributed by atoms with van der Waals surface area (Å²) in [6.45, 7) is 2.84. The van der Waals surface area contributed by atoms with Crippen LogP contribution in [0.25, 0.3) is 5.65 Å². The van der Waals surface area contributed by atoms with Gasteiger partial charge in [0.2, 0.25) is 5.65 Å². The van der Waals surface area contributed by atoms with E-state index in [-0.39, 0.29) is 0 Å². The average molecular weight is 259 g/mol. The molecule has 0 bridgehead atoms. The minimum absolute atomic E-state index is 0.770. The van der Waals surface area contributed by atoms with Crippen molar-refractivity contribution in [2.75, 3.05) is 11.9 Å². The highest BCUT2D eigenvalue weighted by Crippen LogP contribution is 2.15. The van der Waals surface area contributed by atoms with Crippen molar-refractivity contribution in [2.45, 2.75) is 13.3 Å².